The van der Waals surface area contributed by atoms with E-state index in [0.717, 1.165) is 4.88 Å². The first-order valence-electron chi connectivity index (χ1n) is 6.45. The second-order valence-corrected chi connectivity index (χ2v) is 6.47. The zero-order chi connectivity index (χ0) is 14.7. The molecule has 2 heterocycles. The van der Waals surface area contributed by atoms with E-state index in [0.29, 0.717) is 30.5 Å². The van der Waals surface area contributed by atoms with Crippen molar-refractivity contribution in [3.8, 4) is 0 Å². The molecule has 2 amide bonds. The van der Waals surface area contributed by atoms with Gasteiger partial charge < -0.3 is 14.9 Å². The summed E-state index contributed by atoms with van der Waals surface area (Å²) in [4.78, 5) is 28.0. The van der Waals surface area contributed by atoms with Crippen LogP contribution in [0.25, 0.3) is 0 Å². The van der Waals surface area contributed by atoms with Crippen LogP contribution in [0, 0.1) is 0 Å². The topological polar surface area (TPSA) is 60.9 Å². The average Bonchev–Trinajstić information content (AvgIpc) is 2.91. The molecular weight excluding hydrogens is 300 g/mol. The van der Waals surface area contributed by atoms with E-state index in [-0.39, 0.29) is 17.7 Å². The number of halogens is 1. The van der Waals surface area contributed by atoms with Crippen LogP contribution < -0.4 is 0 Å². The molecule has 0 spiro atoms. The van der Waals surface area contributed by atoms with Gasteiger partial charge in [0.05, 0.1) is 10.3 Å². The standard InChI is InChI=1S/C13H17ClN2O3S/c1-9(10-2-3-11(14)20-10)13(19)16-6-4-15(5-7-16)12(18)8-17/h2-3,9,17H,4-8H2,1H3. The maximum Gasteiger partial charge on any atom is 0.248 e. The molecule has 1 fully saturated rings. The van der Waals surface area contributed by atoms with Crippen LogP contribution in [0.15, 0.2) is 12.1 Å². The van der Waals surface area contributed by atoms with Gasteiger partial charge in [-0.15, -0.1) is 11.3 Å². The molecule has 20 heavy (non-hydrogen) atoms. The first-order chi connectivity index (χ1) is 9.52. The van der Waals surface area contributed by atoms with E-state index >= 15 is 0 Å². The van der Waals surface area contributed by atoms with Crippen LogP contribution in [0.3, 0.4) is 0 Å². The van der Waals surface area contributed by atoms with Crippen molar-refractivity contribution in [2.75, 3.05) is 32.8 Å². The lowest BCUT2D eigenvalue weighted by molar-refractivity contribution is -0.141. The number of carbonyl (C=O) groups is 2. The van der Waals surface area contributed by atoms with E-state index in [1.165, 1.54) is 11.3 Å². The van der Waals surface area contributed by atoms with Crippen molar-refractivity contribution < 1.29 is 14.7 Å². The normalized spacial score (nSPS) is 17.1. The number of hydrogen-bond acceptors (Lipinski definition) is 4. The van der Waals surface area contributed by atoms with Crippen LogP contribution in [0.1, 0.15) is 17.7 Å². The van der Waals surface area contributed by atoms with Gasteiger partial charge >= 0.3 is 0 Å². The molecule has 2 rings (SSSR count). The summed E-state index contributed by atoms with van der Waals surface area (Å²) in [6, 6.07) is 3.67. The Morgan fingerprint density at radius 2 is 1.90 bits per heavy atom. The predicted octanol–water partition coefficient (Wildman–Crippen LogP) is 1.17. The van der Waals surface area contributed by atoms with Gasteiger partial charge in [-0.05, 0) is 19.1 Å². The molecule has 0 saturated carbocycles. The molecule has 0 aliphatic carbocycles. The number of thiophene rings is 1. The maximum atomic E-state index is 12.4. The molecule has 1 aliphatic heterocycles. The zero-order valence-corrected chi connectivity index (χ0v) is 12.8. The largest absolute Gasteiger partial charge is 0.387 e. The Balaban J connectivity index is 1.93. The van der Waals surface area contributed by atoms with Crippen molar-refractivity contribution in [1.29, 1.82) is 0 Å². The smallest absolute Gasteiger partial charge is 0.248 e. The van der Waals surface area contributed by atoms with E-state index in [2.05, 4.69) is 0 Å². The molecule has 0 bridgehead atoms. The molecule has 1 saturated heterocycles. The van der Waals surface area contributed by atoms with Crippen molar-refractivity contribution in [2.45, 2.75) is 12.8 Å². The average molecular weight is 317 g/mol. The Morgan fingerprint density at radius 3 is 2.40 bits per heavy atom. The summed E-state index contributed by atoms with van der Waals surface area (Å²) in [7, 11) is 0. The first kappa shape index (κ1) is 15.3. The number of piperazine rings is 1. The number of nitrogens with zero attached hydrogens (tertiary/aromatic N) is 2. The summed E-state index contributed by atoms with van der Waals surface area (Å²) in [6.45, 7) is 3.36. The Hall–Kier alpha value is -1.11. The summed E-state index contributed by atoms with van der Waals surface area (Å²) in [6.07, 6.45) is 0. The molecule has 1 aromatic rings. The number of hydrogen-bond donors (Lipinski definition) is 1. The quantitative estimate of drug-likeness (QED) is 0.910. The van der Waals surface area contributed by atoms with Gasteiger partial charge in [0.1, 0.15) is 6.61 Å². The molecule has 1 aromatic heterocycles. The molecule has 0 aromatic carbocycles. The summed E-state index contributed by atoms with van der Waals surface area (Å²) in [5, 5.41) is 8.82. The van der Waals surface area contributed by atoms with Gasteiger partial charge in [-0.2, -0.15) is 0 Å². The van der Waals surface area contributed by atoms with Gasteiger partial charge in [0, 0.05) is 31.1 Å². The van der Waals surface area contributed by atoms with Crippen LogP contribution in [0.2, 0.25) is 4.34 Å². The molecule has 0 radical (unpaired) electrons. The van der Waals surface area contributed by atoms with Crippen LogP contribution in [-0.2, 0) is 9.59 Å². The molecule has 1 unspecified atom stereocenters. The molecule has 1 N–H and O–H groups in total. The fourth-order valence-electron chi connectivity index (χ4n) is 2.23. The highest BCUT2D eigenvalue weighted by Gasteiger charge is 2.27. The molecule has 7 heteroatoms. The lowest BCUT2D eigenvalue weighted by atomic mass is 10.1. The monoisotopic (exact) mass is 316 g/mol. The highest BCUT2D eigenvalue weighted by molar-refractivity contribution is 7.16. The van der Waals surface area contributed by atoms with Gasteiger partial charge in [0.2, 0.25) is 11.8 Å². The van der Waals surface area contributed by atoms with Gasteiger partial charge in [-0.3, -0.25) is 9.59 Å². The van der Waals surface area contributed by atoms with Crippen molar-refractivity contribution in [1.82, 2.24) is 9.80 Å². The first-order valence-corrected chi connectivity index (χ1v) is 7.65. The third-order valence-electron chi connectivity index (χ3n) is 3.47. The van der Waals surface area contributed by atoms with E-state index in [9.17, 15) is 9.59 Å². The van der Waals surface area contributed by atoms with Crippen LogP contribution >= 0.6 is 22.9 Å². The van der Waals surface area contributed by atoms with Crippen LogP contribution in [0.5, 0.6) is 0 Å². The molecular formula is C13H17ClN2O3S. The summed E-state index contributed by atoms with van der Waals surface area (Å²) < 4.78 is 0.679. The molecule has 5 nitrogen and oxygen atoms in total. The summed E-state index contributed by atoms with van der Waals surface area (Å²) in [5.74, 6) is -0.442. The second kappa shape index (κ2) is 6.56. The maximum absolute atomic E-state index is 12.4. The molecule has 1 atom stereocenters. The number of rotatable bonds is 3. The summed E-state index contributed by atoms with van der Waals surface area (Å²) >= 11 is 7.31. The van der Waals surface area contributed by atoms with E-state index < -0.39 is 6.61 Å². The predicted molar refractivity (Wildman–Crippen MR) is 78.0 cm³/mol. The van der Waals surface area contributed by atoms with Crippen molar-refractivity contribution in [2.24, 2.45) is 0 Å². The summed E-state index contributed by atoms with van der Waals surface area (Å²) in [5.41, 5.74) is 0. The van der Waals surface area contributed by atoms with Crippen LogP contribution in [-0.4, -0.2) is 59.5 Å². The van der Waals surface area contributed by atoms with Gasteiger partial charge in [0.15, 0.2) is 0 Å². The van der Waals surface area contributed by atoms with E-state index in [1.54, 1.807) is 15.9 Å². The molecule has 110 valence electrons. The molecule has 1 aliphatic rings. The number of aliphatic hydroxyl groups is 1. The second-order valence-electron chi connectivity index (χ2n) is 4.73. The Bertz CT molecular complexity index is 498. The lowest BCUT2D eigenvalue weighted by Gasteiger charge is -2.35. The minimum absolute atomic E-state index is 0.0552. The third kappa shape index (κ3) is 3.31. The number of amides is 2. The fraction of sp³-hybridized carbons (Fsp3) is 0.538. The number of carbonyl (C=O) groups excluding carboxylic acids is 2. The van der Waals surface area contributed by atoms with Crippen molar-refractivity contribution >= 4 is 34.8 Å². The van der Waals surface area contributed by atoms with Gasteiger partial charge in [-0.25, -0.2) is 0 Å². The Kier molecular flexibility index (Phi) is 5.01. The van der Waals surface area contributed by atoms with Gasteiger partial charge in [0.25, 0.3) is 0 Å². The Morgan fingerprint density at radius 1 is 1.30 bits per heavy atom. The zero-order valence-electron chi connectivity index (χ0n) is 11.2. The highest BCUT2D eigenvalue weighted by atomic mass is 35.5. The van der Waals surface area contributed by atoms with E-state index in [4.69, 9.17) is 16.7 Å². The van der Waals surface area contributed by atoms with Gasteiger partial charge in [-0.1, -0.05) is 11.6 Å². The number of aliphatic hydroxyl groups excluding tert-OH is 1. The minimum atomic E-state index is -0.474. The van der Waals surface area contributed by atoms with Crippen molar-refractivity contribution in [3.05, 3.63) is 21.3 Å². The van der Waals surface area contributed by atoms with Crippen LogP contribution in [0.4, 0.5) is 0 Å². The van der Waals surface area contributed by atoms with Crippen molar-refractivity contribution in [3.63, 3.8) is 0 Å². The minimum Gasteiger partial charge on any atom is -0.387 e. The fourth-order valence-corrected chi connectivity index (χ4v) is 3.34. The lowest BCUT2D eigenvalue weighted by Crippen LogP contribution is -2.52. The highest BCUT2D eigenvalue weighted by Crippen LogP contribution is 2.29. The van der Waals surface area contributed by atoms with E-state index in [1.807, 2.05) is 13.0 Å². The third-order valence-corrected chi connectivity index (χ3v) is 4.88. The Labute approximate surface area is 126 Å². The SMILES string of the molecule is CC(C(=O)N1CCN(C(=O)CO)CC1)c1ccc(Cl)s1.